The van der Waals surface area contributed by atoms with E-state index in [0.29, 0.717) is 5.69 Å². The fraction of sp³-hybridized carbons (Fsp3) is 0.286. The number of carbonyl (C=O) groups is 1. The minimum atomic E-state index is -1.05. The zero-order chi connectivity index (χ0) is 23.3. The molecule has 1 aliphatic heterocycles. The number of anilines is 1. The smallest absolute Gasteiger partial charge is 0.358 e. The second-order valence-corrected chi connectivity index (χ2v) is 8.78. The summed E-state index contributed by atoms with van der Waals surface area (Å²) in [6, 6.07) is 18.7. The fourth-order valence-corrected chi connectivity index (χ4v) is 5.39. The Morgan fingerprint density at radius 2 is 1.82 bits per heavy atom. The quantitative estimate of drug-likeness (QED) is 0.388. The molecular weight excluding hydrogens is 410 g/mol. The van der Waals surface area contributed by atoms with Gasteiger partial charge in [0.1, 0.15) is 0 Å². The van der Waals surface area contributed by atoms with Gasteiger partial charge in [0, 0.05) is 65.8 Å². The van der Waals surface area contributed by atoms with Crippen LogP contribution in [0.25, 0.3) is 10.9 Å². The standard InChI is InChI=1S/C28H29N3O2/c1-6-19-17-20(30(4)5)14-15-22(19)28(23-12-10-16-29-26(23)27(32)33-28)25-18(3)31(7-2)24-13-9-8-11-21(24)25/h8-17H,6-7H2,1-5H3. The number of aromatic nitrogens is 2. The highest BCUT2D eigenvalue weighted by Crippen LogP contribution is 2.51. The summed E-state index contributed by atoms with van der Waals surface area (Å²) in [7, 11) is 4.08. The Morgan fingerprint density at radius 3 is 2.55 bits per heavy atom. The van der Waals surface area contributed by atoms with Gasteiger partial charge in [0.05, 0.1) is 0 Å². The first-order valence-corrected chi connectivity index (χ1v) is 11.5. The normalized spacial score (nSPS) is 17.3. The Bertz CT molecular complexity index is 1390. The Kier molecular flexibility index (Phi) is 5.00. The van der Waals surface area contributed by atoms with Gasteiger partial charge in [-0.2, -0.15) is 0 Å². The zero-order valence-corrected chi connectivity index (χ0v) is 19.8. The van der Waals surface area contributed by atoms with Crippen LogP contribution in [0.15, 0.2) is 60.8 Å². The molecule has 1 aliphatic rings. The van der Waals surface area contributed by atoms with Crippen LogP contribution in [0.3, 0.4) is 0 Å². The van der Waals surface area contributed by atoms with Crippen LogP contribution in [0, 0.1) is 6.92 Å². The molecule has 0 radical (unpaired) electrons. The van der Waals surface area contributed by atoms with Crippen molar-refractivity contribution in [2.45, 2.75) is 39.3 Å². The van der Waals surface area contributed by atoms with E-state index in [1.807, 2.05) is 26.2 Å². The van der Waals surface area contributed by atoms with Gasteiger partial charge in [-0.15, -0.1) is 0 Å². The summed E-state index contributed by atoms with van der Waals surface area (Å²) in [5, 5.41) is 1.10. The van der Waals surface area contributed by atoms with Crippen molar-refractivity contribution in [2.24, 2.45) is 0 Å². The van der Waals surface area contributed by atoms with Crippen molar-refractivity contribution in [1.82, 2.24) is 9.55 Å². The van der Waals surface area contributed by atoms with Crippen LogP contribution in [0.4, 0.5) is 5.69 Å². The van der Waals surface area contributed by atoms with Gasteiger partial charge in [-0.3, -0.25) is 0 Å². The number of nitrogens with zero attached hydrogens (tertiary/aromatic N) is 3. The number of carbonyl (C=O) groups excluding carboxylic acids is 1. The van der Waals surface area contributed by atoms with Gasteiger partial charge in [-0.25, -0.2) is 9.78 Å². The van der Waals surface area contributed by atoms with Gasteiger partial charge in [0.15, 0.2) is 11.3 Å². The number of aryl methyl sites for hydroxylation is 2. The molecule has 2 aromatic carbocycles. The lowest BCUT2D eigenvalue weighted by Crippen LogP contribution is -2.32. The highest BCUT2D eigenvalue weighted by molar-refractivity contribution is 5.97. The molecule has 5 rings (SSSR count). The summed E-state index contributed by atoms with van der Waals surface area (Å²) in [5.74, 6) is -0.378. The molecule has 3 heterocycles. The van der Waals surface area contributed by atoms with Crippen LogP contribution in [0.1, 0.15) is 52.3 Å². The van der Waals surface area contributed by atoms with Gasteiger partial charge in [-0.05, 0) is 50.1 Å². The van der Waals surface area contributed by atoms with Crippen molar-refractivity contribution < 1.29 is 9.53 Å². The number of esters is 1. The first-order valence-electron chi connectivity index (χ1n) is 11.5. The molecule has 0 bridgehead atoms. The van der Waals surface area contributed by atoms with Crippen molar-refractivity contribution in [3.05, 3.63) is 94.4 Å². The van der Waals surface area contributed by atoms with Gasteiger partial charge >= 0.3 is 5.97 Å². The highest BCUT2D eigenvalue weighted by atomic mass is 16.6. The average molecular weight is 440 g/mol. The van der Waals surface area contributed by atoms with Crippen LogP contribution in [0.2, 0.25) is 0 Å². The van der Waals surface area contributed by atoms with Gasteiger partial charge in [0.25, 0.3) is 0 Å². The summed E-state index contributed by atoms with van der Waals surface area (Å²) in [5.41, 5.74) is 6.68. The highest BCUT2D eigenvalue weighted by Gasteiger charge is 2.52. The zero-order valence-electron chi connectivity index (χ0n) is 19.8. The summed E-state index contributed by atoms with van der Waals surface area (Å²) in [4.78, 5) is 19.8. The SMILES string of the molecule is CCc1cc(N(C)C)ccc1C1(c2c(C)n(CC)c3ccccc23)OC(=O)c2ncccc21. The van der Waals surface area contributed by atoms with Crippen molar-refractivity contribution in [3.63, 3.8) is 0 Å². The number of hydrogen-bond acceptors (Lipinski definition) is 4. The Labute approximate surface area is 194 Å². The number of pyridine rings is 1. The van der Waals surface area contributed by atoms with Crippen LogP contribution in [-0.4, -0.2) is 29.6 Å². The number of para-hydroxylation sites is 1. The van der Waals surface area contributed by atoms with E-state index in [1.165, 1.54) is 0 Å². The van der Waals surface area contributed by atoms with Gasteiger partial charge in [-0.1, -0.05) is 37.3 Å². The lowest BCUT2D eigenvalue weighted by atomic mass is 9.77. The van der Waals surface area contributed by atoms with Crippen molar-refractivity contribution in [2.75, 3.05) is 19.0 Å². The second kappa shape index (κ2) is 7.77. The van der Waals surface area contributed by atoms with E-state index < -0.39 is 5.60 Å². The number of ether oxygens (including phenoxy) is 1. The van der Waals surface area contributed by atoms with E-state index in [9.17, 15) is 4.79 Å². The molecule has 4 aromatic rings. The largest absolute Gasteiger partial charge is 0.439 e. The van der Waals surface area contributed by atoms with Gasteiger partial charge in [0.2, 0.25) is 0 Å². The Balaban J connectivity index is 1.95. The first-order chi connectivity index (χ1) is 15.9. The maximum atomic E-state index is 13.2. The van der Waals surface area contributed by atoms with Crippen LogP contribution < -0.4 is 4.90 Å². The number of rotatable bonds is 5. The molecule has 5 heteroatoms. The molecule has 168 valence electrons. The van der Waals surface area contributed by atoms with E-state index in [1.54, 1.807) is 6.20 Å². The topological polar surface area (TPSA) is 47.4 Å². The number of benzene rings is 2. The van der Waals surface area contributed by atoms with E-state index >= 15 is 0 Å². The van der Waals surface area contributed by atoms with Crippen molar-refractivity contribution in [3.8, 4) is 0 Å². The van der Waals surface area contributed by atoms with Gasteiger partial charge < -0.3 is 14.2 Å². The van der Waals surface area contributed by atoms with Crippen LogP contribution in [0.5, 0.6) is 0 Å². The summed E-state index contributed by atoms with van der Waals surface area (Å²) < 4.78 is 8.75. The number of fused-ring (bicyclic) bond motifs is 2. The van der Waals surface area contributed by atoms with E-state index in [-0.39, 0.29) is 5.97 Å². The molecule has 1 unspecified atom stereocenters. The minimum absolute atomic E-state index is 0.378. The monoisotopic (exact) mass is 439 g/mol. The molecule has 2 aromatic heterocycles. The third-order valence-electron chi connectivity index (χ3n) is 6.89. The number of cyclic esters (lactones) is 1. The fourth-order valence-electron chi connectivity index (χ4n) is 5.39. The summed E-state index contributed by atoms with van der Waals surface area (Å²) in [6.07, 6.45) is 2.48. The summed E-state index contributed by atoms with van der Waals surface area (Å²) in [6.45, 7) is 7.25. The van der Waals surface area contributed by atoms with E-state index in [2.05, 4.69) is 77.7 Å². The van der Waals surface area contributed by atoms with Crippen molar-refractivity contribution in [1.29, 1.82) is 0 Å². The van der Waals surface area contributed by atoms with Crippen LogP contribution >= 0.6 is 0 Å². The van der Waals surface area contributed by atoms with Crippen molar-refractivity contribution >= 4 is 22.6 Å². The third kappa shape index (κ3) is 2.92. The Morgan fingerprint density at radius 1 is 1.03 bits per heavy atom. The predicted molar refractivity (Wildman–Crippen MR) is 132 cm³/mol. The average Bonchev–Trinajstić information content (AvgIpc) is 3.29. The maximum absolute atomic E-state index is 13.2. The molecule has 1 atom stereocenters. The molecule has 0 saturated carbocycles. The third-order valence-corrected chi connectivity index (χ3v) is 6.89. The molecule has 0 aliphatic carbocycles. The molecule has 33 heavy (non-hydrogen) atoms. The molecule has 0 fully saturated rings. The van der Waals surface area contributed by atoms with Crippen LogP contribution in [-0.2, 0) is 23.3 Å². The molecule has 5 nitrogen and oxygen atoms in total. The summed E-state index contributed by atoms with van der Waals surface area (Å²) >= 11 is 0. The lowest BCUT2D eigenvalue weighted by Gasteiger charge is -2.33. The van der Waals surface area contributed by atoms with E-state index in [4.69, 9.17) is 4.74 Å². The molecular formula is C28H29N3O2. The molecule has 0 N–H and O–H groups in total. The Hall–Kier alpha value is -3.60. The molecule has 0 amide bonds. The first kappa shape index (κ1) is 21.3. The predicted octanol–water partition coefficient (Wildman–Crippen LogP) is 5.46. The minimum Gasteiger partial charge on any atom is -0.439 e. The molecule has 0 saturated heterocycles. The number of hydrogen-bond donors (Lipinski definition) is 0. The molecule has 0 spiro atoms. The maximum Gasteiger partial charge on any atom is 0.358 e. The lowest BCUT2D eigenvalue weighted by molar-refractivity contribution is 0.0248. The second-order valence-electron chi connectivity index (χ2n) is 8.78. The van der Waals surface area contributed by atoms with E-state index in [0.717, 1.165) is 57.5 Å².